The number of hydrogen-bond acceptors (Lipinski definition) is 4. The van der Waals surface area contributed by atoms with Gasteiger partial charge in [-0.15, -0.1) is 0 Å². The molecule has 0 fully saturated rings. The van der Waals surface area contributed by atoms with E-state index in [1.54, 1.807) is 13.8 Å². The van der Waals surface area contributed by atoms with Crippen molar-refractivity contribution >= 4 is 44.2 Å². The number of amides is 1. The van der Waals surface area contributed by atoms with Gasteiger partial charge in [0.2, 0.25) is 5.91 Å². The number of aryl methyl sites for hydroxylation is 1. The topological polar surface area (TPSA) is 59.8 Å². The van der Waals surface area contributed by atoms with E-state index in [9.17, 15) is 13.6 Å². The Labute approximate surface area is 138 Å². The Balaban J connectivity index is 1.78. The molecule has 1 N–H and O–H groups in total. The molecule has 0 aliphatic carbocycles. The number of carbonyl (C=O) groups is 1. The summed E-state index contributed by atoms with van der Waals surface area (Å²) in [6, 6.07) is 2.05. The average Bonchev–Trinajstić information content (AvgIpc) is 2.95. The largest absolute Gasteiger partial charge is 0.300 e. The quantitative estimate of drug-likeness (QED) is 0.778. The SMILES string of the molecule is Cc1nn(CC(=O)Nc2nc3cc(F)c(F)cc3s2)c(C)c1Cl. The van der Waals surface area contributed by atoms with Crippen LogP contribution in [0.2, 0.25) is 5.02 Å². The van der Waals surface area contributed by atoms with Crippen LogP contribution in [0.5, 0.6) is 0 Å². The molecule has 0 saturated carbocycles. The van der Waals surface area contributed by atoms with Crippen LogP contribution in [0, 0.1) is 25.5 Å². The summed E-state index contributed by atoms with van der Waals surface area (Å²) < 4.78 is 28.3. The van der Waals surface area contributed by atoms with Crippen molar-refractivity contribution in [3.63, 3.8) is 0 Å². The zero-order chi connectivity index (χ0) is 16.7. The van der Waals surface area contributed by atoms with Crippen molar-refractivity contribution in [3.8, 4) is 0 Å². The number of carbonyl (C=O) groups excluding carboxylic acids is 1. The average molecular weight is 357 g/mol. The Bertz CT molecular complexity index is 882. The van der Waals surface area contributed by atoms with Gasteiger partial charge in [0.25, 0.3) is 0 Å². The van der Waals surface area contributed by atoms with Crippen LogP contribution in [-0.4, -0.2) is 20.7 Å². The first-order valence-corrected chi connectivity index (χ1v) is 7.79. The van der Waals surface area contributed by atoms with Gasteiger partial charge in [-0.1, -0.05) is 22.9 Å². The van der Waals surface area contributed by atoms with Gasteiger partial charge in [-0.2, -0.15) is 5.10 Å². The third-order valence-corrected chi connectivity index (χ3v) is 4.74. The second kappa shape index (κ2) is 5.86. The van der Waals surface area contributed by atoms with E-state index in [0.29, 0.717) is 26.6 Å². The molecule has 0 atom stereocenters. The molecule has 0 aliphatic rings. The number of rotatable bonds is 3. The fraction of sp³-hybridized carbons (Fsp3) is 0.214. The molecule has 1 aromatic carbocycles. The number of hydrogen-bond donors (Lipinski definition) is 1. The minimum absolute atomic E-state index is 0.0297. The van der Waals surface area contributed by atoms with Crippen molar-refractivity contribution in [2.24, 2.45) is 0 Å². The van der Waals surface area contributed by atoms with Crippen LogP contribution in [0.15, 0.2) is 12.1 Å². The van der Waals surface area contributed by atoms with E-state index in [4.69, 9.17) is 11.6 Å². The standard InChI is InChI=1S/C14H11ClF2N4OS/c1-6-13(15)7(2)21(20-6)5-12(22)19-14-18-10-3-8(16)9(17)4-11(10)23-14/h3-4H,5H2,1-2H3,(H,18,19,22). The van der Waals surface area contributed by atoms with Gasteiger partial charge >= 0.3 is 0 Å². The van der Waals surface area contributed by atoms with Gasteiger partial charge < -0.3 is 5.32 Å². The Morgan fingerprint density at radius 1 is 1.35 bits per heavy atom. The maximum Gasteiger partial charge on any atom is 0.247 e. The summed E-state index contributed by atoms with van der Waals surface area (Å²) in [6.45, 7) is 3.48. The molecule has 0 radical (unpaired) electrons. The van der Waals surface area contributed by atoms with Crippen LogP contribution in [0.1, 0.15) is 11.4 Å². The van der Waals surface area contributed by atoms with Gasteiger partial charge in [-0.3, -0.25) is 9.48 Å². The minimum atomic E-state index is -0.974. The zero-order valence-electron chi connectivity index (χ0n) is 12.2. The molecule has 9 heteroatoms. The first-order chi connectivity index (χ1) is 10.8. The molecular weight excluding hydrogens is 346 g/mol. The number of aromatic nitrogens is 3. The molecule has 0 saturated heterocycles. The lowest BCUT2D eigenvalue weighted by Crippen LogP contribution is -2.20. The molecule has 3 aromatic rings. The highest BCUT2D eigenvalue weighted by atomic mass is 35.5. The molecule has 1 amide bonds. The van der Waals surface area contributed by atoms with Gasteiger partial charge in [-0.05, 0) is 19.9 Å². The number of halogens is 3. The number of benzene rings is 1. The molecule has 120 valence electrons. The number of thiazole rings is 1. The van der Waals surface area contributed by atoms with Gasteiger partial charge in [0, 0.05) is 6.07 Å². The van der Waals surface area contributed by atoms with E-state index in [1.807, 2.05) is 0 Å². The lowest BCUT2D eigenvalue weighted by atomic mass is 10.3. The van der Waals surface area contributed by atoms with Crippen molar-refractivity contribution in [1.82, 2.24) is 14.8 Å². The molecule has 0 bridgehead atoms. The Morgan fingerprint density at radius 3 is 2.70 bits per heavy atom. The Hall–Kier alpha value is -2.06. The highest BCUT2D eigenvalue weighted by molar-refractivity contribution is 7.22. The highest BCUT2D eigenvalue weighted by Gasteiger charge is 2.14. The lowest BCUT2D eigenvalue weighted by molar-refractivity contribution is -0.116. The number of fused-ring (bicyclic) bond motifs is 1. The molecule has 0 unspecified atom stereocenters. The van der Waals surface area contributed by atoms with E-state index in [-0.39, 0.29) is 17.6 Å². The molecule has 2 aromatic heterocycles. The Kier molecular flexibility index (Phi) is 4.03. The van der Waals surface area contributed by atoms with Crippen molar-refractivity contribution in [3.05, 3.63) is 40.2 Å². The van der Waals surface area contributed by atoms with Crippen molar-refractivity contribution < 1.29 is 13.6 Å². The van der Waals surface area contributed by atoms with E-state index in [1.165, 1.54) is 4.68 Å². The summed E-state index contributed by atoms with van der Waals surface area (Å²) >= 11 is 7.09. The fourth-order valence-corrected chi connectivity index (χ4v) is 3.12. The van der Waals surface area contributed by atoms with E-state index >= 15 is 0 Å². The monoisotopic (exact) mass is 356 g/mol. The van der Waals surface area contributed by atoms with Crippen LogP contribution in [0.3, 0.4) is 0 Å². The molecule has 0 spiro atoms. The summed E-state index contributed by atoms with van der Waals surface area (Å²) in [4.78, 5) is 16.1. The van der Waals surface area contributed by atoms with Crippen molar-refractivity contribution in [2.45, 2.75) is 20.4 Å². The first kappa shape index (κ1) is 15.8. The van der Waals surface area contributed by atoms with E-state index < -0.39 is 11.6 Å². The molecular formula is C14H11ClF2N4OS. The normalized spacial score (nSPS) is 11.2. The third kappa shape index (κ3) is 3.04. The third-order valence-electron chi connectivity index (χ3n) is 3.26. The fourth-order valence-electron chi connectivity index (χ4n) is 2.10. The second-order valence-corrected chi connectivity index (χ2v) is 6.35. The van der Waals surface area contributed by atoms with E-state index in [0.717, 1.165) is 23.5 Å². The molecule has 3 rings (SSSR count). The summed E-state index contributed by atoms with van der Waals surface area (Å²) in [5.41, 5.74) is 1.62. The van der Waals surface area contributed by atoms with Crippen LogP contribution in [-0.2, 0) is 11.3 Å². The summed E-state index contributed by atoms with van der Waals surface area (Å²) in [5, 5.41) is 7.54. The number of anilines is 1. The molecule has 23 heavy (non-hydrogen) atoms. The minimum Gasteiger partial charge on any atom is -0.300 e. The predicted molar refractivity (Wildman–Crippen MR) is 84.9 cm³/mol. The molecule has 5 nitrogen and oxygen atoms in total. The van der Waals surface area contributed by atoms with E-state index in [2.05, 4.69) is 15.4 Å². The summed E-state index contributed by atoms with van der Waals surface area (Å²) in [5.74, 6) is -2.28. The summed E-state index contributed by atoms with van der Waals surface area (Å²) in [6.07, 6.45) is 0. The van der Waals surface area contributed by atoms with Gasteiger partial charge in [0.15, 0.2) is 16.8 Å². The van der Waals surface area contributed by atoms with Gasteiger partial charge in [-0.25, -0.2) is 13.8 Å². The predicted octanol–water partition coefficient (Wildman–Crippen LogP) is 3.68. The van der Waals surface area contributed by atoms with Crippen molar-refractivity contribution in [1.29, 1.82) is 0 Å². The van der Waals surface area contributed by atoms with Gasteiger partial charge in [0.05, 0.1) is 26.6 Å². The highest BCUT2D eigenvalue weighted by Crippen LogP contribution is 2.28. The van der Waals surface area contributed by atoms with Crippen LogP contribution in [0.25, 0.3) is 10.2 Å². The zero-order valence-corrected chi connectivity index (χ0v) is 13.7. The molecule has 2 heterocycles. The maximum atomic E-state index is 13.2. The first-order valence-electron chi connectivity index (χ1n) is 6.60. The summed E-state index contributed by atoms with van der Waals surface area (Å²) in [7, 11) is 0. The van der Waals surface area contributed by atoms with Crippen LogP contribution in [0.4, 0.5) is 13.9 Å². The van der Waals surface area contributed by atoms with Crippen LogP contribution < -0.4 is 5.32 Å². The molecule has 0 aliphatic heterocycles. The van der Waals surface area contributed by atoms with Crippen LogP contribution >= 0.6 is 22.9 Å². The van der Waals surface area contributed by atoms with Crippen molar-refractivity contribution in [2.75, 3.05) is 5.32 Å². The second-order valence-electron chi connectivity index (χ2n) is 4.94. The maximum absolute atomic E-state index is 13.2. The smallest absolute Gasteiger partial charge is 0.247 e. The number of nitrogens with one attached hydrogen (secondary N) is 1. The number of nitrogens with zero attached hydrogens (tertiary/aromatic N) is 3. The lowest BCUT2D eigenvalue weighted by Gasteiger charge is -2.04. The Morgan fingerprint density at radius 2 is 2.04 bits per heavy atom. The van der Waals surface area contributed by atoms with Gasteiger partial charge in [0.1, 0.15) is 6.54 Å².